The second-order valence-corrected chi connectivity index (χ2v) is 4.20. The Morgan fingerprint density at radius 2 is 1.85 bits per heavy atom. The summed E-state index contributed by atoms with van der Waals surface area (Å²) in [7, 11) is 0. The Labute approximate surface area is 116 Å². The quantitative estimate of drug-likeness (QED) is 0.622. The van der Waals surface area contributed by atoms with Gasteiger partial charge in [0, 0.05) is 12.4 Å². The van der Waals surface area contributed by atoms with E-state index in [4.69, 9.17) is 11.5 Å². The maximum absolute atomic E-state index is 5.77. The molecule has 0 aliphatic carbocycles. The minimum absolute atomic E-state index is 0.141. The van der Waals surface area contributed by atoms with Crippen LogP contribution in [0.3, 0.4) is 0 Å². The van der Waals surface area contributed by atoms with Gasteiger partial charge < -0.3 is 16.5 Å². The molecule has 3 heterocycles. The minimum atomic E-state index is 0.141. The first-order valence-electron chi connectivity index (χ1n) is 6.34. The van der Waals surface area contributed by atoms with Gasteiger partial charge in [0.05, 0.1) is 17.5 Å². The maximum Gasteiger partial charge on any atom is 0.221 e. The molecular formula is C13H17N7. The number of aromatic nitrogens is 5. The number of nitrogens with one attached hydrogen (secondary N) is 1. The molecule has 0 fully saturated rings. The lowest BCUT2D eigenvalue weighted by Gasteiger charge is -2.03. The van der Waals surface area contributed by atoms with Gasteiger partial charge in [-0.15, -0.1) is 0 Å². The topological polar surface area (TPSA) is 119 Å². The Morgan fingerprint density at radius 1 is 1.10 bits per heavy atom. The summed E-state index contributed by atoms with van der Waals surface area (Å²) in [6.07, 6.45) is 6.18. The van der Waals surface area contributed by atoms with Crippen molar-refractivity contribution in [1.29, 1.82) is 0 Å². The molecule has 5 N–H and O–H groups in total. The van der Waals surface area contributed by atoms with Gasteiger partial charge in [-0.2, -0.15) is 4.98 Å². The Morgan fingerprint density at radius 3 is 2.55 bits per heavy atom. The number of hydrogen-bond donors (Lipinski definition) is 3. The van der Waals surface area contributed by atoms with E-state index in [1.54, 1.807) is 18.6 Å². The molecule has 0 saturated heterocycles. The van der Waals surface area contributed by atoms with Gasteiger partial charge in [0.2, 0.25) is 5.95 Å². The Kier molecular flexibility index (Phi) is 4.09. The SMILES string of the molecule is CCC.Nc1ncc(-c2cnc3[nH]ccc3n2)c(N)n1. The summed E-state index contributed by atoms with van der Waals surface area (Å²) >= 11 is 0. The molecule has 7 nitrogen and oxygen atoms in total. The van der Waals surface area contributed by atoms with Gasteiger partial charge in [-0.1, -0.05) is 20.3 Å². The number of nitrogens with two attached hydrogens (primary N) is 2. The summed E-state index contributed by atoms with van der Waals surface area (Å²) in [5.74, 6) is 0.434. The van der Waals surface area contributed by atoms with Gasteiger partial charge in [0.25, 0.3) is 0 Å². The van der Waals surface area contributed by atoms with Crippen molar-refractivity contribution in [2.45, 2.75) is 20.3 Å². The normalized spacial score (nSPS) is 10.1. The molecule has 3 rings (SSSR count). The summed E-state index contributed by atoms with van der Waals surface area (Å²) in [5.41, 5.74) is 13.9. The number of rotatable bonds is 1. The van der Waals surface area contributed by atoms with Crippen LogP contribution < -0.4 is 11.5 Å². The van der Waals surface area contributed by atoms with E-state index in [1.807, 2.05) is 6.07 Å². The standard InChI is InChI=1S/C10H9N7.C3H8/c11-8-5(3-15-10(12)17-8)7-4-14-9-6(16-7)1-2-13-9;1-3-2/h1-4H,(H,13,14)(H4,11,12,15,17);3H2,1-2H3. The second kappa shape index (κ2) is 5.96. The monoisotopic (exact) mass is 271 g/mol. The van der Waals surface area contributed by atoms with Crippen LogP contribution in [0, 0.1) is 0 Å². The van der Waals surface area contributed by atoms with Gasteiger partial charge in [0.15, 0.2) is 5.65 Å². The molecular weight excluding hydrogens is 254 g/mol. The zero-order chi connectivity index (χ0) is 14.5. The molecule has 0 radical (unpaired) electrons. The van der Waals surface area contributed by atoms with Crippen molar-refractivity contribution in [2.75, 3.05) is 11.5 Å². The molecule has 3 aromatic rings. The average molecular weight is 271 g/mol. The molecule has 0 atom stereocenters. The predicted molar refractivity (Wildman–Crippen MR) is 79.7 cm³/mol. The first-order chi connectivity index (χ1) is 9.65. The highest BCUT2D eigenvalue weighted by atomic mass is 15.0. The van der Waals surface area contributed by atoms with Crippen LogP contribution in [0.2, 0.25) is 0 Å². The van der Waals surface area contributed by atoms with E-state index in [-0.39, 0.29) is 5.95 Å². The predicted octanol–water partition coefficient (Wildman–Crippen LogP) is 2.00. The van der Waals surface area contributed by atoms with Gasteiger partial charge >= 0.3 is 0 Å². The summed E-state index contributed by atoms with van der Waals surface area (Å²) in [6, 6.07) is 1.83. The molecule has 0 unspecified atom stereocenters. The van der Waals surface area contributed by atoms with Crippen molar-refractivity contribution in [3.05, 3.63) is 24.7 Å². The number of nitrogen functional groups attached to an aromatic ring is 2. The molecule has 0 aliphatic heterocycles. The van der Waals surface area contributed by atoms with Gasteiger partial charge in [0.1, 0.15) is 11.3 Å². The van der Waals surface area contributed by atoms with Crippen LogP contribution in [0.1, 0.15) is 20.3 Å². The van der Waals surface area contributed by atoms with E-state index in [2.05, 4.69) is 38.8 Å². The number of anilines is 2. The third-order valence-electron chi connectivity index (χ3n) is 2.37. The van der Waals surface area contributed by atoms with Crippen LogP contribution in [-0.2, 0) is 0 Å². The number of aromatic amines is 1. The van der Waals surface area contributed by atoms with E-state index in [0.29, 0.717) is 17.1 Å². The van der Waals surface area contributed by atoms with Crippen LogP contribution >= 0.6 is 0 Å². The molecule has 0 aromatic carbocycles. The van der Waals surface area contributed by atoms with Crippen molar-refractivity contribution in [3.8, 4) is 11.3 Å². The molecule has 0 saturated carbocycles. The molecule has 20 heavy (non-hydrogen) atoms. The Bertz CT molecular complexity index is 705. The summed E-state index contributed by atoms with van der Waals surface area (Å²) in [6.45, 7) is 4.25. The van der Waals surface area contributed by atoms with Crippen molar-refractivity contribution >= 4 is 22.9 Å². The Hall–Kier alpha value is -2.70. The summed E-state index contributed by atoms with van der Waals surface area (Å²) < 4.78 is 0. The van der Waals surface area contributed by atoms with Crippen LogP contribution in [-0.4, -0.2) is 24.9 Å². The van der Waals surface area contributed by atoms with Gasteiger partial charge in [-0.3, -0.25) is 0 Å². The number of hydrogen-bond acceptors (Lipinski definition) is 6. The molecule has 104 valence electrons. The smallest absolute Gasteiger partial charge is 0.221 e. The average Bonchev–Trinajstić information content (AvgIpc) is 2.86. The van der Waals surface area contributed by atoms with Crippen LogP contribution in [0.5, 0.6) is 0 Å². The van der Waals surface area contributed by atoms with Crippen molar-refractivity contribution in [1.82, 2.24) is 24.9 Å². The molecule has 3 aromatic heterocycles. The van der Waals surface area contributed by atoms with Crippen LogP contribution in [0.15, 0.2) is 24.7 Å². The Balaban J connectivity index is 0.000000452. The first kappa shape index (κ1) is 13.7. The van der Waals surface area contributed by atoms with Crippen molar-refractivity contribution in [2.24, 2.45) is 0 Å². The maximum atomic E-state index is 5.77. The second-order valence-electron chi connectivity index (χ2n) is 4.20. The van der Waals surface area contributed by atoms with E-state index in [0.717, 1.165) is 11.2 Å². The third-order valence-corrected chi connectivity index (χ3v) is 2.37. The zero-order valence-corrected chi connectivity index (χ0v) is 11.5. The van der Waals surface area contributed by atoms with E-state index in [1.165, 1.54) is 6.42 Å². The molecule has 7 heteroatoms. The highest BCUT2D eigenvalue weighted by Crippen LogP contribution is 2.22. The lowest BCUT2D eigenvalue weighted by atomic mass is 10.2. The fourth-order valence-corrected chi connectivity index (χ4v) is 1.57. The van der Waals surface area contributed by atoms with E-state index >= 15 is 0 Å². The summed E-state index contributed by atoms with van der Waals surface area (Å²) in [4.78, 5) is 19.4. The fourth-order valence-electron chi connectivity index (χ4n) is 1.57. The van der Waals surface area contributed by atoms with Gasteiger partial charge in [-0.05, 0) is 6.07 Å². The molecule has 0 spiro atoms. The van der Waals surface area contributed by atoms with E-state index < -0.39 is 0 Å². The van der Waals surface area contributed by atoms with Crippen LogP contribution in [0.25, 0.3) is 22.4 Å². The molecule has 0 bridgehead atoms. The largest absolute Gasteiger partial charge is 0.383 e. The van der Waals surface area contributed by atoms with Gasteiger partial charge in [-0.25, -0.2) is 15.0 Å². The third kappa shape index (κ3) is 2.82. The van der Waals surface area contributed by atoms with Crippen LogP contribution in [0.4, 0.5) is 11.8 Å². The van der Waals surface area contributed by atoms with Crippen molar-refractivity contribution < 1.29 is 0 Å². The molecule has 0 amide bonds. The summed E-state index contributed by atoms with van der Waals surface area (Å²) in [5, 5.41) is 0. The zero-order valence-electron chi connectivity index (χ0n) is 11.5. The van der Waals surface area contributed by atoms with E-state index in [9.17, 15) is 0 Å². The minimum Gasteiger partial charge on any atom is -0.383 e. The molecule has 0 aliphatic rings. The lowest BCUT2D eigenvalue weighted by Crippen LogP contribution is -2.02. The number of H-pyrrole nitrogens is 1. The first-order valence-corrected chi connectivity index (χ1v) is 6.34. The number of fused-ring (bicyclic) bond motifs is 1. The lowest BCUT2D eigenvalue weighted by molar-refractivity contribution is 1.09. The number of nitrogens with zero attached hydrogens (tertiary/aromatic N) is 4. The highest BCUT2D eigenvalue weighted by molar-refractivity contribution is 5.77. The highest BCUT2D eigenvalue weighted by Gasteiger charge is 2.08. The fraction of sp³-hybridized carbons (Fsp3) is 0.231. The van der Waals surface area contributed by atoms with Crippen molar-refractivity contribution in [3.63, 3.8) is 0 Å².